The number of anilines is 1. The van der Waals surface area contributed by atoms with Crippen molar-refractivity contribution in [1.82, 2.24) is 15.0 Å². The van der Waals surface area contributed by atoms with Crippen molar-refractivity contribution in [1.29, 1.82) is 0 Å². The van der Waals surface area contributed by atoms with E-state index in [4.69, 9.17) is 10.7 Å². The van der Waals surface area contributed by atoms with Crippen molar-refractivity contribution in [2.24, 2.45) is 5.73 Å². The van der Waals surface area contributed by atoms with Crippen molar-refractivity contribution in [2.75, 3.05) is 5.32 Å². The number of pyridine rings is 1. The highest BCUT2D eigenvalue weighted by Gasteiger charge is 2.14. The monoisotopic (exact) mass is 319 g/mol. The average Bonchev–Trinajstić information content (AvgIpc) is 2.56. The number of carbonyl (C=O) groups is 1. The Labute approximate surface area is 139 Å². The molecule has 0 aliphatic carbocycles. The molecule has 0 fully saturated rings. The van der Waals surface area contributed by atoms with E-state index in [0.717, 1.165) is 22.4 Å². The van der Waals surface area contributed by atoms with Crippen LogP contribution in [0.15, 0.2) is 48.8 Å². The van der Waals surface area contributed by atoms with Crippen molar-refractivity contribution >= 4 is 11.7 Å². The van der Waals surface area contributed by atoms with E-state index in [9.17, 15) is 4.79 Å². The highest BCUT2D eigenvalue weighted by atomic mass is 16.2. The molecule has 6 nitrogen and oxygen atoms in total. The Kier molecular flexibility index (Phi) is 4.20. The number of primary amides is 1. The predicted octanol–water partition coefficient (Wildman–Crippen LogP) is 3.31. The Morgan fingerprint density at radius 1 is 1.00 bits per heavy atom. The van der Waals surface area contributed by atoms with Crippen LogP contribution in [0, 0.1) is 13.8 Å². The molecule has 0 aliphatic rings. The summed E-state index contributed by atoms with van der Waals surface area (Å²) in [5.41, 5.74) is 9.88. The molecule has 6 heteroatoms. The zero-order valence-electron chi connectivity index (χ0n) is 13.4. The van der Waals surface area contributed by atoms with E-state index in [1.54, 1.807) is 12.4 Å². The summed E-state index contributed by atoms with van der Waals surface area (Å²) in [6.45, 7) is 3.75. The molecule has 0 bridgehead atoms. The topological polar surface area (TPSA) is 93.8 Å². The number of benzene rings is 1. The van der Waals surface area contributed by atoms with Crippen molar-refractivity contribution in [3.8, 4) is 22.5 Å². The van der Waals surface area contributed by atoms with Gasteiger partial charge in [-0.05, 0) is 25.5 Å². The number of aromatic nitrogens is 3. The van der Waals surface area contributed by atoms with Crippen molar-refractivity contribution in [3.63, 3.8) is 0 Å². The molecule has 2 amide bonds. The maximum Gasteiger partial charge on any atom is 0.316 e. The normalized spacial score (nSPS) is 10.4. The van der Waals surface area contributed by atoms with Crippen LogP contribution in [0.1, 0.15) is 11.4 Å². The van der Waals surface area contributed by atoms with Crippen molar-refractivity contribution in [2.45, 2.75) is 13.8 Å². The van der Waals surface area contributed by atoms with E-state index in [2.05, 4.69) is 15.3 Å². The molecule has 2 heterocycles. The lowest BCUT2D eigenvalue weighted by atomic mass is 10.0. The van der Waals surface area contributed by atoms with E-state index in [0.29, 0.717) is 17.2 Å². The van der Waals surface area contributed by atoms with E-state index in [1.807, 2.05) is 50.2 Å². The zero-order chi connectivity index (χ0) is 17.1. The van der Waals surface area contributed by atoms with Gasteiger partial charge in [-0.2, -0.15) is 0 Å². The third kappa shape index (κ3) is 3.22. The number of aryl methyl sites for hydroxylation is 2. The fourth-order valence-corrected chi connectivity index (χ4v) is 2.46. The number of amides is 2. The summed E-state index contributed by atoms with van der Waals surface area (Å²) >= 11 is 0. The fraction of sp³-hybridized carbons (Fsp3) is 0.111. The molecule has 0 radical (unpaired) electrons. The van der Waals surface area contributed by atoms with E-state index < -0.39 is 6.03 Å². The lowest BCUT2D eigenvalue weighted by molar-refractivity contribution is 0.259. The number of nitrogens with two attached hydrogens (primary N) is 1. The smallest absolute Gasteiger partial charge is 0.316 e. The van der Waals surface area contributed by atoms with Gasteiger partial charge in [0.25, 0.3) is 0 Å². The molecule has 120 valence electrons. The van der Waals surface area contributed by atoms with Crippen LogP contribution in [0.4, 0.5) is 10.5 Å². The number of nitrogens with zero attached hydrogens (tertiary/aromatic N) is 3. The standard InChI is InChI=1S/C18H17N5O/c1-11-8-15(22-18(19)24)17(13-6-4-3-5-7-13)23-16(11)14-9-20-12(2)21-10-14/h3-10H,1-2H3,(H3,19,22,24). The molecule has 2 aromatic heterocycles. The Morgan fingerprint density at radius 3 is 2.29 bits per heavy atom. The molecule has 24 heavy (non-hydrogen) atoms. The molecule has 0 atom stereocenters. The average molecular weight is 319 g/mol. The maximum absolute atomic E-state index is 11.3. The summed E-state index contributed by atoms with van der Waals surface area (Å²) in [6.07, 6.45) is 3.49. The van der Waals surface area contributed by atoms with Gasteiger partial charge in [-0.3, -0.25) is 0 Å². The van der Waals surface area contributed by atoms with Crippen molar-refractivity contribution in [3.05, 3.63) is 60.2 Å². The number of urea groups is 1. The van der Waals surface area contributed by atoms with Gasteiger partial charge in [0.1, 0.15) is 5.82 Å². The first-order chi connectivity index (χ1) is 11.5. The maximum atomic E-state index is 11.3. The minimum atomic E-state index is -0.625. The molecule has 0 saturated heterocycles. The number of hydrogen-bond donors (Lipinski definition) is 2. The number of rotatable bonds is 3. The van der Waals surface area contributed by atoms with Gasteiger partial charge in [0.15, 0.2) is 0 Å². The van der Waals surface area contributed by atoms with Crippen LogP contribution in [0.25, 0.3) is 22.5 Å². The van der Waals surface area contributed by atoms with Gasteiger partial charge < -0.3 is 11.1 Å². The van der Waals surface area contributed by atoms with Gasteiger partial charge in [-0.25, -0.2) is 19.7 Å². The summed E-state index contributed by atoms with van der Waals surface area (Å²) in [6, 6.07) is 10.8. The summed E-state index contributed by atoms with van der Waals surface area (Å²) < 4.78 is 0. The lowest BCUT2D eigenvalue weighted by Gasteiger charge is -2.14. The van der Waals surface area contributed by atoms with Crippen LogP contribution < -0.4 is 11.1 Å². The molecular formula is C18H17N5O. The minimum Gasteiger partial charge on any atom is -0.351 e. The molecule has 1 aromatic carbocycles. The molecule has 0 saturated carbocycles. The van der Waals surface area contributed by atoms with Crippen LogP contribution in [0.5, 0.6) is 0 Å². The first-order valence-electron chi connectivity index (χ1n) is 7.47. The number of nitrogens with one attached hydrogen (secondary N) is 1. The van der Waals surface area contributed by atoms with Gasteiger partial charge in [-0.15, -0.1) is 0 Å². The Bertz CT molecular complexity index is 876. The quantitative estimate of drug-likeness (QED) is 0.774. The number of carbonyl (C=O) groups excluding carboxylic acids is 1. The number of hydrogen-bond acceptors (Lipinski definition) is 4. The largest absolute Gasteiger partial charge is 0.351 e. The second kappa shape index (κ2) is 6.45. The highest BCUT2D eigenvalue weighted by molar-refractivity contribution is 5.93. The first-order valence-corrected chi connectivity index (χ1v) is 7.47. The van der Waals surface area contributed by atoms with Crippen LogP contribution in [-0.2, 0) is 0 Å². The molecule has 0 spiro atoms. The van der Waals surface area contributed by atoms with E-state index >= 15 is 0 Å². The third-order valence-corrected chi connectivity index (χ3v) is 3.57. The summed E-state index contributed by atoms with van der Waals surface area (Å²) in [5, 5.41) is 2.65. The molecule has 3 N–H and O–H groups in total. The van der Waals surface area contributed by atoms with Gasteiger partial charge in [0.2, 0.25) is 0 Å². The summed E-state index contributed by atoms with van der Waals surface area (Å²) in [7, 11) is 0. The first kappa shape index (κ1) is 15.6. The molecule has 0 aliphatic heterocycles. The van der Waals surface area contributed by atoms with Crippen LogP contribution in [0.3, 0.4) is 0 Å². The Morgan fingerprint density at radius 2 is 1.67 bits per heavy atom. The second-order valence-electron chi connectivity index (χ2n) is 5.42. The fourth-order valence-electron chi connectivity index (χ4n) is 2.46. The second-order valence-corrected chi connectivity index (χ2v) is 5.42. The summed E-state index contributed by atoms with van der Waals surface area (Å²) in [5.74, 6) is 0.701. The molecule has 3 rings (SSSR count). The third-order valence-electron chi connectivity index (χ3n) is 3.57. The van der Waals surface area contributed by atoms with Gasteiger partial charge in [-0.1, -0.05) is 30.3 Å². The lowest BCUT2D eigenvalue weighted by Crippen LogP contribution is -2.20. The van der Waals surface area contributed by atoms with E-state index in [-0.39, 0.29) is 0 Å². The Balaban J connectivity index is 2.18. The highest BCUT2D eigenvalue weighted by Crippen LogP contribution is 2.31. The molecule has 3 aromatic rings. The summed E-state index contributed by atoms with van der Waals surface area (Å²) in [4.78, 5) is 24.5. The van der Waals surface area contributed by atoms with Crippen LogP contribution in [-0.4, -0.2) is 21.0 Å². The van der Waals surface area contributed by atoms with Crippen LogP contribution >= 0.6 is 0 Å². The van der Waals surface area contributed by atoms with Gasteiger partial charge in [0, 0.05) is 23.5 Å². The minimum absolute atomic E-state index is 0.572. The van der Waals surface area contributed by atoms with Crippen LogP contribution in [0.2, 0.25) is 0 Å². The zero-order valence-corrected chi connectivity index (χ0v) is 13.4. The van der Waals surface area contributed by atoms with Gasteiger partial charge in [0.05, 0.1) is 17.1 Å². The Hall–Kier alpha value is -3.28. The van der Waals surface area contributed by atoms with Gasteiger partial charge >= 0.3 is 6.03 Å². The van der Waals surface area contributed by atoms with E-state index in [1.165, 1.54) is 0 Å². The molecular weight excluding hydrogens is 302 g/mol. The molecule has 0 unspecified atom stereocenters. The SMILES string of the molecule is Cc1ncc(-c2nc(-c3ccccc3)c(NC(N)=O)cc2C)cn1. The van der Waals surface area contributed by atoms with Crippen molar-refractivity contribution < 1.29 is 4.79 Å². The predicted molar refractivity (Wildman–Crippen MR) is 93.4 cm³/mol.